The number of methoxy groups -OCH3 is 1. The van der Waals surface area contributed by atoms with Crippen LogP contribution >= 0.6 is 15.9 Å². The second-order valence-electron chi connectivity index (χ2n) is 6.19. The predicted octanol–water partition coefficient (Wildman–Crippen LogP) is 4.49. The highest BCUT2D eigenvalue weighted by molar-refractivity contribution is 9.10. The summed E-state index contributed by atoms with van der Waals surface area (Å²) in [5.74, 6) is 0.0620. The zero-order valence-corrected chi connectivity index (χ0v) is 15.5. The molecule has 0 bridgehead atoms. The van der Waals surface area contributed by atoms with Crippen molar-refractivity contribution >= 4 is 21.9 Å². The topological polar surface area (TPSA) is 49.8 Å². The molecule has 4 nitrogen and oxygen atoms in total. The first-order valence-electron chi connectivity index (χ1n) is 8.37. The molecule has 0 aromatic heterocycles. The van der Waals surface area contributed by atoms with Crippen molar-refractivity contribution in [1.29, 1.82) is 0 Å². The van der Waals surface area contributed by atoms with Crippen molar-refractivity contribution in [3.8, 4) is 5.75 Å². The lowest BCUT2D eigenvalue weighted by molar-refractivity contribution is -0.143. The first-order valence-corrected chi connectivity index (χ1v) is 9.16. The molecule has 1 aliphatic rings. The van der Waals surface area contributed by atoms with Crippen LogP contribution in [0, 0.1) is 5.92 Å². The van der Waals surface area contributed by atoms with Crippen LogP contribution in [0.4, 0.5) is 0 Å². The van der Waals surface area contributed by atoms with Gasteiger partial charge in [0.05, 0.1) is 13.0 Å². The Morgan fingerprint density at radius 3 is 2.70 bits per heavy atom. The molecule has 1 heterocycles. The van der Waals surface area contributed by atoms with Crippen molar-refractivity contribution in [1.82, 2.24) is 4.90 Å². The number of hydrogen-bond acceptors (Lipinski definition) is 3. The van der Waals surface area contributed by atoms with Gasteiger partial charge in [-0.2, -0.15) is 0 Å². The highest BCUT2D eigenvalue weighted by Gasteiger charge is 2.30. The van der Waals surface area contributed by atoms with Crippen LogP contribution < -0.4 is 4.74 Å². The molecule has 1 aromatic carbocycles. The molecule has 1 aromatic rings. The van der Waals surface area contributed by atoms with Gasteiger partial charge in [-0.3, -0.25) is 9.69 Å². The number of halogens is 1. The highest BCUT2D eigenvalue weighted by atomic mass is 79.9. The number of nitrogens with zero attached hydrogens (tertiary/aromatic N) is 1. The molecule has 128 valence electrons. The van der Waals surface area contributed by atoms with E-state index in [2.05, 4.69) is 33.8 Å². The van der Waals surface area contributed by atoms with E-state index in [-0.39, 0.29) is 12.0 Å². The van der Waals surface area contributed by atoms with Crippen LogP contribution in [-0.4, -0.2) is 36.2 Å². The number of carboxylic acids is 1. The standard InChI is InChI=1S/C18H26BrNO3/c1-3-4-5-16(15-12-14(19)6-7-17(15)23-2)20-10-8-13(9-11-20)18(21)22/h6-7,12-13,16H,3-5,8-11H2,1-2H3,(H,21,22). The van der Waals surface area contributed by atoms with Crippen LogP contribution in [0.5, 0.6) is 5.75 Å². The second-order valence-corrected chi connectivity index (χ2v) is 7.11. The Balaban J connectivity index is 2.21. The molecule has 23 heavy (non-hydrogen) atoms. The fourth-order valence-electron chi connectivity index (χ4n) is 3.36. The Kier molecular flexibility index (Phi) is 6.90. The van der Waals surface area contributed by atoms with E-state index in [1.54, 1.807) is 7.11 Å². The third kappa shape index (κ3) is 4.70. The number of ether oxygens (including phenoxy) is 1. The average molecular weight is 384 g/mol. The van der Waals surface area contributed by atoms with Gasteiger partial charge in [-0.15, -0.1) is 0 Å². The Hall–Kier alpha value is -1.07. The number of likely N-dealkylation sites (tertiary alicyclic amines) is 1. The summed E-state index contributed by atoms with van der Waals surface area (Å²) in [6, 6.07) is 6.43. The van der Waals surface area contributed by atoms with E-state index in [0.717, 1.165) is 55.4 Å². The first kappa shape index (κ1) is 18.3. The average Bonchev–Trinajstić information content (AvgIpc) is 2.56. The smallest absolute Gasteiger partial charge is 0.306 e. The van der Waals surface area contributed by atoms with Gasteiger partial charge in [-0.25, -0.2) is 0 Å². The van der Waals surface area contributed by atoms with E-state index < -0.39 is 5.97 Å². The van der Waals surface area contributed by atoms with Crippen molar-refractivity contribution in [3.63, 3.8) is 0 Å². The fraction of sp³-hybridized carbons (Fsp3) is 0.611. The Labute approximate surface area is 147 Å². The Bertz CT molecular complexity index is 527. The van der Waals surface area contributed by atoms with Gasteiger partial charge in [-0.05, 0) is 50.6 Å². The number of rotatable bonds is 7. The summed E-state index contributed by atoms with van der Waals surface area (Å²) >= 11 is 3.56. The van der Waals surface area contributed by atoms with Crippen LogP contribution in [-0.2, 0) is 4.79 Å². The minimum atomic E-state index is -0.658. The van der Waals surface area contributed by atoms with Crippen LogP contribution in [0.25, 0.3) is 0 Å². The lowest BCUT2D eigenvalue weighted by atomic mass is 9.92. The van der Waals surface area contributed by atoms with E-state index in [1.165, 1.54) is 5.56 Å². The van der Waals surface area contributed by atoms with Crippen molar-refractivity contribution in [3.05, 3.63) is 28.2 Å². The third-order valence-corrected chi connectivity index (χ3v) is 5.19. The minimum Gasteiger partial charge on any atom is -0.496 e. The van der Waals surface area contributed by atoms with Gasteiger partial charge < -0.3 is 9.84 Å². The summed E-state index contributed by atoms with van der Waals surface area (Å²) in [5.41, 5.74) is 1.20. The zero-order valence-electron chi connectivity index (χ0n) is 13.9. The number of carboxylic acid groups (broad SMARTS) is 1. The quantitative estimate of drug-likeness (QED) is 0.753. The van der Waals surface area contributed by atoms with Gasteiger partial charge in [0, 0.05) is 16.1 Å². The number of unbranched alkanes of at least 4 members (excludes halogenated alkanes) is 1. The summed E-state index contributed by atoms with van der Waals surface area (Å²) in [6.07, 6.45) is 4.83. The molecule has 1 atom stereocenters. The maximum absolute atomic E-state index is 11.2. The molecular weight excluding hydrogens is 358 g/mol. The molecule has 0 amide bonds. The van der Waals surface area contributed by atoms with Crippen molar-refractivity contribution in [2.75, 3.05) is 20.2 Å². The van der Waals surface area contributed by atoms with Crippen LogP contribution in [0.1, 0.15) is 50.6 Å². The highest BCUT2D eigenvalue weighted by Crippen LogP contribution is 2.37. The molecule has 1 N–H and O–H groups in total. The van der Waals surface area contributed by atoms with E-state index in [4.69, 9.17) is 4.74 Å². The Morgan fingerprint density at radius 1 is 1.43 bits per heavy atom. The monoisotopic (exact) mass is 383 g/mol. The number of hydrogen-bond donors (Lipinski definition) is 1. The van der Waals surface area contributed by atoms with Crippen LogP contribution in [0.15, 0.2) is 22.7 Å². The SMILES string of the molecule is CCCCC(c1cc(Br)ccc1OC)N1CCC(C(=O)O)CC1. The van der Waals surface area contributed by atoms with E-state index in [9.17, 15) is 9.90 Å². The molecule has 0 spiro atoms. The third-order valence-electron chi connectivity index (χ3n) is 4.70. The van der Waals surface area contributed by atoms with Crippen molar-refractivity contribution in [2.24, 2.45) is 5.92 Å². The van der Waals surface area contributed by atoms with E-state index in [1.807, 2.05) is 12.1 Å². The normalized spacial score (nSPS) is 17.9. The van der Waals surface area contributed by atoms with Crippen LogP contribution in [0.2, 0.25) is 0 Å². The molecular formula is C18H26BrNO3. The lowest BCUT2D eigenvalue weighted by Crippen LogP contribution is -2.39. The summed E-state index contributed by atoms with van der Waals surface area (Å²) in [4.78, 5) is 13.6. The van der Waals surface area contributed by atoms with Crippen LogP contribution in [0.3, 0.4) is 0 Å². The zero-order chi connectivity index (χ0) is 16.8. The molecule has 1 aliphatic heterocycles. The van der Waals surface area contributed by atoms with E-state index >= 15 is 0 Å². The Morgan fingerprint density at radius 2 is 2.13 bits per heavy atom. The summed E-state index contributed by atoms with van der Waals surface area (Å²) in [7, 11) is 1.71. The number of carbonyl (C=O) groups is 1. The van der Waals surface area contributed by atoms with Gasteiger partial charge in [0.1, 0.15) is 5.75 Å². The van der Waals surface area contributed by atoms with Gasteiger partial charge >= 0.3 is 5.97 Å². The predicted molar refractivity (Wildman–Crippen MR) is 94.9 cm³/mol. The maximum atomic E-state index is 11.2. The lowest BCUT2D eigenvalue weighted by Gasteiger charge is -2.37. The molecule has 1 saturated heterocycles. The molecule has 0 radical (unpaired) electrons. The second kappa shape index (κ2) is 8.69. The number of aliphatic carboxylic acids is 1. The molecule has 0 saturated carbocycles. The number of benzene rings is 1. The molecule has 1 fully saturated rings. The number of piperidine rings is 1. The largest absolute Gasteiger partial charge is 0.496 e. The van der Waals surface area contributed by atoms with Gasteiger partial charge in [-0.1, -0.05) is 35.7 Å². The van der Waals surface area contributed by atoms with Crippen molar-refractivity contribution < 1.29 is 14.6 Å². The summed E-state index contributed by atoms with van der Waals surface area (Å²) in [5, 5.41) is 9.20. The molecule has 0 aliphatic carbocycles. The fourth-order valence-corrected chi connectivity index (χ4v) is 3.73. The van der Waals surface area contributed by atoms with Gasteiger partial charge in [0.15, 0.2) is 0 Å². The van der Waals surface area contributed by atoms with Gasteiger partial charge in [0.2, 0.25) is 0 Å². The molecule has 5 heteroatoms. The molecule has 1 unspecified atom stereocenters. The first-order chi connectivity index (χ1) is 11.1. The summed E-state index contributed by atoms with van der Waals surface area (Å²) in [6.45, 7) is 3.87. The minimum absolute atomic E-state index is 0.192. The van der Waals surface area contributed by atoms with Crippen molar-refractivity contribution in [2.45, 2.75) is 45.1 Å². The summed E-state index contributed by atoms with van der Waals surface area (Å²) < 4.78 is 6.62. The maximum Gasteiger partial charge on any atom is 0.306 e. The van der Waals surface area contributed by atoms with Gasteiger partial charge in [0.25, 0.3) is 0 Å². The van der Waals surface area contributed by atoms with E-state index in [0.29, 0.717) is 0 Å². The molecule has 2 rings (SSSR count).